The number of benzene rings is 1. The van der Waals surface area contributed by atoms with Crippen molar-refractivity contribution in [2.45, 2.75) is 39.7 Å². The van der Waals surface area contributed by atoms with E-state index < -0.39 is 0 Å². The van der Waals surface area contributed by atoms with Crippen molar-refractivity contribution in [3.63, 3.8) is 0 Å². The molecule has 0 aromatic heterocycles. The normalized spacial score (nSPS) is 11.8. The minimum atomic E-state index is -0.161. The van der Waals surface area contributed by atoms with E-state index in [-0.39, 0.29) is 35.3 Å². The molecule has 0 fully saturated rings. The molecule has 0 heterocycles. The Morgan fingerprint density at radius 2 is 1.90 bits per heavy atom. The molecule has 0 aliphatic heterocycles. The fraction of sp³-hybridized carbons (Fsp3) is 0.533. The third kappa shape index (κ3) is 7.67. The second kappa shape index (κ2) is 9.15. The molecule has 0 spiro atoms. The van der Waals surface area contributed by atoms with Gasteiger partial charge in [0.2, 0.25) is 0 Å². The lowest BCUT2D eigenvalue weighted by atomic mass is 10.1. The molecule has 2 N–H and O–H groups in total. The average molecular weight is 393 g/mol. The van der Waals surface area contributed by atoms with Crippen molar-refractivity contribution in [1.29, 1.82) is 0 Å². The van der Waals surface area contributed by atoms with Gasteiger partial charge in [0.25, 0.3) is 0 Å². The Morgan fingerprint density at radius 3 is 2.45 bits per heavy atom. The zero-order chi connectivity index (χ0) is 14.3. The van der Waals surface area contributed by atoms with E-state index in [0.717, 1.165) is 12.5 Å². The Hall–Kier alpha value is -0.850. The van der Waals surface area contributed by atoms with Gasteiger partial charge in [-0.15, -0.1) is 24.0 Å². The third-order valence-electron chi connectivity index (χ3n) is 2.45. The second-order valence-electron chi connectivity index (χ2n) is 5.48. The summed E-state index contributed by atoms with van der Waals surface area (Å²) in [5, 5.41) is 6.49. The standard InChI is InChI=1S/C15H24FN3.HI/c1-5-17-14(19-15(2,3)4)18-11-10-12-8-6-7-9-13(12)16;/h6-9H,5,10-11H2,1-4H3,(H2,17,18,19);1H. The predicted octanol–water partition coefficient (Wildman–Crippen LogP) is 3.34. The van der Waals surface area contributed by atoms with E-state index in [1.807, 2.05) is 13.0 Å². The summed E-state index contributed by atoms with van der Waals surface area (Å²) in [5.74, 6) is 0.609. The molecule has 0 aliphatic carbocycles. The predicted molar refractivity (Wildman–Crippen MR) is 94.4 cm³/mol. The van der Waals surface area contributed by atoms with Crippen molar-refractivity contribution in [3.8, 4) is 0 Å². The molecule has 0 unspecified atom stereocenters. The SMILES string of the molecule is CCNC(=NCCc1ccccc1F)NC(C)(C)C.I. The van der Waals surface area contributed by atoms with Gasteiger partial charge in [-0.25, -0.2) is 4.39 Å². The maximum atomic E-state index is 13.5. The van der Waals surface area contributed by atoms with Crippen LogP contribution in [0.5, 0.6) is 0 Å². The lowest BCUT2D eigenvalue weighted by Crippen LogP contribution is -2.47. The minimum absolute atomic E-state index is 0. The minimum Gasteiger partial charge on any atom is -0.357 e. The smallest absolute Gasteiger partial charge is 0.191 e. The zero-order valence-corrected chi connectivity index (χ0v) is 15.0. The number of nitrogens with zero attached hydrogens (tertiary/aromatic N) is 1. The maximum absolute atomic E-state index is 13.5. The van der Waals surface area contributed by atoms with E-state index in [4.69, 9.17) is 0 Å². The molecular weight excluding hydrogens is 368 g/mol. The Balaban J connectivity index is 0.00000361. The first-order valence-electron chi connectivity index (χ1n) is 6.72. The van der Waals surface area contributed by atoms with E-state index >= 15 is 0 Å². The van der Waals surface area contributed by atoms with Gasteiger partial charge >= 0.3 is 0 Å². The molecule has 0 amide bonds. The molecule has 0 aliphatic rings. The largest absolute Gasteiger partial charge is 0.357 e. The highest BCUT2D eigenvalue weighted by atomic mass is 127. The highest BCUT2D eigenvalue weighted by molar-refractivity contribution is 14.0. The van der Waals surface area contributed by atoms with Crippen LogP contribution in [0.15, 0.2) is 29.3 Å². The van der Waals surface area contributed by atoms with Gasteiger partial charge in [-0.2, -0.15) is 0 Å². The summed E-state index contributed by atoms with van der Waals surface area (Å²) in [4.78, 5) is 4.46. The lowest BCUT2D eigenvalue weighted by molar-refractivity contribution is 0.501. The number of rotatable bonds is 4. The first-order chi connectivity index (χ1) is 8.92. The fourth-order valence-electron chi connectivity index (χ4n) is 1.65. The van der Waals surface area contributed by atoms with Crippen LogP contribution in [-0.4, -0.2) is 24.6 Å². The van der Waals surface area contributed by atoms with E-state index in [9.17, 15) is 4.39 Å². The number of hydrogen-bond acceptors (Lipinski definition) is 1. The van der Waals surface area contributed by atoms with Gasteiger partial charge in [-0.3, -0.25) is 4.99 Å². The molecule has 0 saturated carbocycles. The van der Waals surface area contributed by atoms with Gasteiger partial charge in [0.05, 0.1) is 0 Å². The van der Waals surface area contributed by atoms with Gasteiger partial charge in [0.15, 0.2) is 5.96 Å². The first kappa shape index (κ1) is 19.1. The number of halogens is 2. The summed E-state index contributed by atoms with van der Waals surface area (Å²) < 4.78 is 13.5. The van der Waals surface area contributed by atoms with Crippen LogP contribution >= 0.6 is 24.0 Å². The van der Waals surface area contributed by atoms with Gasteiger partial charge in [-0.05, 0) is 45.7 Å². The molecule has 0 bridgehead atoms. The van der Waals surface area contributed by atoms with E-state index in [1.165, 1.54) is 6.07 Å². The summed E-state index contributed by atoms with van der Waals surface area (Å²) in [5.41, 5.74) is 0.664. The molecule has 3 nitrogen and oxygen atoms in total. The molecule has 20 heavy (non-hydrogen) atoms. The highest BCUT2D eigenvalue weighted by Crippen LogP contribution is 2.07. The maximum Gasteiger partial charge on any atom is 0.191 e. The number of hydrogen-bond donors (Lipinski definition) is 2. The Kier molecular flexibility index (Phi) is 8.76. The zero-order valence-electron chi connectivity index (χ0n) is 12.7. The van der Waals surface area contributed by atoms with Gasteiger partial charge in [0, 0.05) is 18.6 Å². The Labute approximate surface area is 138 Å². The van der Waals surface area contributed by atoms with Crippen LogP contribution in [0, 0.1) is 5.82 Å². The number of aliphatic imine (C=N–C) groups is 1. The Bertz CT molecular complexity index is 427. The fourth-order valence-corrected chi connectivity index (χ4v) is 1.65. The van der Waals surface area contributed by atoms with Crippen LogP contribution in [-0.2, 0) is 6.42 Å². The van der Waals surface area contributed by atoms with E-state index in [2.05, 4.69) is 36.4 Å². The molecular formula is C15H25FIN3. The van der Waals surface area contributed by atoms with Crippen molar-refractivity contribution < 1.29 is 4.39 Å². The van der Waals surface area contributed by atoms with Gasteiger partial charge < -0.3 is 10.6 Å². The van der Waals surface area contributed by atoms with E-state index in [0.29, 0.717) is 18.5 Å². The van der Waals surface area contributed by atoms with Crippen molar-refractivity contribution in [2.24, 2.45) is 4.99 Å². The van der Waals surface area contributed by atoms with Crippen LogP contribution in [0.3, 0.4) is 0 Å². The van der Waals surface area contributed by atoms with Crippen LogP contribution in [0.4, 0.5) is 4.39 Å². The Morgan fingerprint density at radius 1 is 1.25 bits per heavy atom. The average Bonchev–Trinajstić information content (AvgIpc) is 2.30. The third-order valence-corrected chi connectivity index (χ3v) is 2.45. The van der Waals surface area contributed by atoms with Crippen molar-refractivity contribution in [3.05, 3.63) is 35.6 Å². The van der Waals surface area contributed by atoms with Crippen LogP contribution in [0.1, 0.15) is 33.3 Å². The molecule has 0 atom stereocenters. The molecule has 5 heteroatoms. The second-order valence-corrected chi connectivity index (χ2v) is 5.48. The van der Waals surface area contributed by atoms with Crippen LogP contribution in [0.25, 0.3) is 0 Å². The highest BCUT2D eigenvalue weighted by Gasteiger charge is 2.11. The molecule has 1 rings (SSSR count). The molecule has 1 aromatic rings. The summed E-state index contributed by atoms with van der Waals surface area (Å²) in [7, 11) is 0. The first-order valence-corrected chi connectivity index (χ1v) is 6.72. The summed E-state index contributed by atoms with van der Waals surface area (Å²) in [6.07, 6.45) is 0.605. The van der Waals surface area contributed by atoms with Crippen molar-refractivity contribution in [1.82, 2.24) is 10.6 Å². The topological polar surface area (TPSA) is 36.4 Å². The summed E-state index contributed by atoms with van der Waals surface area (Å²) in [6, 6.07) is 6.83. The molecule has 1 aromatic carbocycles. The molecule has 0 saturated heterocycles. The van der Waals surface area contributed by atoms with Crippen molar-refractivity contribution in [2.75, 3.05) is 13.1 Å². The molecule has 114 valence electrons. The number of nitrogens with one attached hydrogen (secondary N) is 2. The lowest BCUT2D eigenvalue weighted by Gasteiger charge is -2.23. The number of guanidine groups is 1. The summed E-state index contributed by atoms with van der Waals surface area (Å²) in [6.45, 7) is 9.63. The summed E-state index contributed by atoms with van der Waals surface area (Å²) >= 11 is 0. The quantitative estimate of drug-likeness (QED) is 0.468. The van der Waals surface area contributed by atoms with Gasteiger partial charge in [-0.1, -0.05) is 18.2 Å². The van der Waals surface area contributed by atoms with Crippen molar-refractivity contribution >= 4 is 29.9 Å². The molecule has 0 radical (unpaired) electrons. The van der Waals surface area contributed by atoms with Crippen LogP contribution in [0.2, 0.25) is 0 Å². The van der Waals surface area contributed by atoms with Gasteiger partial charge in [0.1, 0.15) is 5.82 Å². The van der Waals surface area contributed by atoms with Crippen LogP contribution < -0.4 is 10.6 Å². The monoisotopic (exact) mass is 393 g/mol. The van der Waals surface area contributed by atoms with E-state index in [1.54, 1.807) is 12.1 Å².